The van der Waals surface area contributed by atoms with Gasteiger partial charge in [-0.25, -0.2) is 4.79 Å². The number of rotatable bonds is 39. The predicted molar refractivity (Wildman–Crippen MR) is 272 cm³/mol. The number of amides is 4. The molecule has 0 aliphatic rings. The number of carboxylic acids is 6. The maximum absolute atomic E-state index is 14.1. The first-order chi connectivity index (χ1) is 35.9. The van der Waals surface area contributed by atoms with Crippen molar-refractivity contribution in [2.24, 2.45) is 28.1 Å². The molecule has 5 atom stereocenters. The molecule has 4 unspecified atom stereocenters. The lowest BCUT2D eigenvalue weighted by atomic mass is 9.97. The Morgan fingerprint density at radius 1 is 0.671 bits per heavy atom. The van der Waals surface area contributed by atoms with Gasteiger partial charge in [-0.05, 0) is 67.8 Å². The maximum atomic E-state index is 14.1. The number of carbonyl (C=O) groups excluding carboxylic acids is 4. The molecule has 0 bridgehead atoms. The smallest absolute Gasteiger partial charge is 0.326 e. The van der Waals surface area contributed by atoms with Crippen molar-refractivity contribution in [1.82, 2.24) is 36.0 Å². The lowest BCUT2D eigenvalue weighted by molar-refractivity contribution is -0.145. The molecule has 0 aliphatic carbocycles. The third-order valence-electron chi connectivity index (χ3n) is 11.6. The van der Waals surface area contributed by atoms with E-state index in [2.05, 4.69) is 26.3 Å². The van der Waals surface area contributed by atoms with Crippen LogP contribution in [0.2, 0.25) is 0 Å². The highest BCUT2D eigenvalue weighted by molar-refractivity contribution is 6.00. The number of hydrogen-bond donors (Lipinski definition) is 13. The zero-order valence-electron chi connectivity index (χ0n) is 42.4. The number of guanidine groups is 1. The average molecular weight is 1070 g/mol. The van der Waals surface area contributed by atoms with E-state index in [9.17, 15) is 78.6 Å². The molecule has 0 spiro atoms. The van der Waals surface area contributed by atoms with E-state index in [0.29, 0.717) is 36.9 Å². The van der Waals surface area contributed by atoms with E-state index < -0.39 is 142 Å². The van der Waals surface area contributed by atoms with Gasteiger partial charge in [0.1, 0.15) is 30.5 Å². The minimum Gasteiger partial charge on any atom is -0.491 e. The number of aliphatic imine (C=N–C) groups is 1. The number of unbranched alkanes of at least 4 members (excludes halogenated alkanes) is 1. The summed E-state index contributed by atoms with van der Waals surface area (Å²) in [6.07, 6.45) is 1.47. The first-order valence-corrected chi connectivity index (χ1v) is 24.2. The van der Waals surface area contributed by atoms with Crippen molar-refractivity contribution in [2.45, 2.75) is 76.5 Å². The van der Waals surface area contributed by atoms with Crippen molar-refractivity contribution in [3.8, 4) is 16.9 Å². The minimum absolute atomic E-state index is 0.0341. The number of carbonyl (C=O) groups is 10. The third-order valence-corrected chi connectivity index (χ3v) is 11.6. The molecule has 0 heterocycles. The Balaban J connectivity index is 2.50. The van der Waals surface area contributed by atoms with Crippen LogP contribution in [0.4, 0.5) is 0 Å². The van der Waals surface area contributed by atoms with Gasteiger partial charge in [-0.15, -0.1) is 0 Å². The number of nitrogens with two attached hydrogens (primary N) is 3. The summed E-state index contributed by atoms with van der Waals surface area (Å²) in [6.45, 7) is -2.46. The maximum Gasteiger partial charge on any atom is 0.326 e. The minimum atomic E-state index is -1.47. The topological polar surface area (TPSA) is 450 Å². The van der Waals surface area contributed by atoms with Gasteiger partial charge < -0.3 is 73.8 Å². The summed E-state index contributed by atoms with van der Waals surface area (Å²) < 4.78 is 6.13. The Morgan fingerprint density at radius 3 is 1.79 bits per heavy atom. The number of nitrogens with one attached hydrogen (secondary N) is 4. The van der Waals surface area contributed by atoms with E-state index >= 15 is 0 Å². The summed E-state index contributed by atoms with van der Waals surface area (Å²) in [5.41, 5.74) is 17.4. The lowest BCUT2D eigenvalue weighted by Crippen LogP contribution is -2.57. The molecule has 0 saturated carbocycles. The number of benzene rings is 2. The molecular weight excluding hydrogens is 1000 g/mol. The van der Waals surface area contributed by atoms with Crippen LogP contribution in [0.3, 0.4) is 0 Å². The molecule has 2 aromatic carbocycles. The van der Waals surface area contributed by atoms with Crippen LogP contribution in [-0.4, -0.2) is 214 Å². The second-order valence-corrected chi connectivity index (χ2v) is 17.7. The van der Waals surface area contributed by atoms with Crippen LogP contribution in [0.5, 0.6) is 5.75 Å². The van der Waals surface area contributed by atoms with Crippen LogP contribution in [-0.2, 0) is 43.2 Å². The summed E-state index contributed by atoms with van der Waals surface area (Å²) in [6, 6.07) is 7.99. The molecule has 76 heavy (non-hydrogen) atoms. The van der Waals surface area contributed by atoms with Crippen molar-refractivity contribution >= 4 is 65.4 Å². The largest absolute Gasteiger partial charge is 0.491 e. The standard InChI is InChI=1S/C48H71N11O17/c1-3-29(2)43(46(73)54-34(13-9-17-52-48(50)51)45(72)55-35(47(74)75)12-7-8-16-49)56-37(60)21-53-44(71)33-20-31(30-10-5-4-6-11-30)14-15-36(33)76-28-32(59(26-41(67)68)27-42(69)70)22-57(23-38(61)62)18-19-58(24-39(63)64)25-40(65)66/h4-6,10-11,14-15,20,29,32,34-35,43H,3,7-9,12-13,16-19,21-28,49H2,1-2H3,(H,53,71)(H,54,73)(H,55,72)(H,56,60)(H,61,62)(H,63,64)(H,65,66)(H,67,68)(H,69,70)(H,74,75)(H4,50,51,52)/t29?,32-,34?,35?,43?/m1/s1. The van der Waals surface area contributed by atoms with E-state index in [1.807, 2.05) is 0 Å². The Labute approximate surface area is 438 Å². The van der Waals surface area contributed by atoms with Gasteiger partial charge in [0.05, 0.1) is 50.9 Å². The number of hydrogen-bond acceptors (Lipinski definition) is 16. The van der Waals surface area contributed by atoms with Gasteiger partial charge in [-0.3, -0.25) is 62.8 Å². The van der Waals surface area contributed by atoms with Gasteiger partial charge in [-0.1, -0.05) is 56.7 Å². The molecule has 28 heteroatoms. The predicted octanol–water partition coefficient (Wildman–Crippen LogP) is -2.07. The first kappa shape index (κ1) is 64.2. The van der Waals surface area contributed by atoms with Gasteiger partial charge in [0.25, 0.3) is 5.91 Å². The molecule has 0 saturated heterocycles. The van der Waals surface area contributed by atoms with Crippen LogP contribution in [0.1, 0.15) is 62.7 Å². The van der Waals surface area contributed by atoms with Crippen LogP contribution in [0.25, 0.3) is 11.1 Å². The average Bonchev–Trinajstić information content (AvgIpc) is 3.34. The van der Waals surface area contributed by atoms with E-state index in [0.717, 1.165) is 9.80 Å². The second kappa shape index (κ2) is 33.8. The Bertz CT molecular complexity index is 2290. The van der Waals surface area contributed by atoms with Crippen LogP contribution >= 0.6 is 0 Å². The highest BCUT2D eigenvalue weighted by Crippen LogP contribution is 2.27. The number of aliphatic carboxylic acids is 6. The van der Waals surface area contributed by atoms with Crippen molar-refractivity contribution in [3.05, 3.63) is 54.1 Å². The van der Waals surface area contributed by atoms with Crippen LogP contribution < -0.4 is 43.2 Å². The molecular formula is C48H71N11O17. The molecule has 420 valence electrons. The van der Waals surface area contributed by atoms with Crippen LogP contribution in [0, 0.1) is 5.92 Å². The molecule has 2 aromatic rings. The Kier molecular flexibility index (Phi) is 28.5. The zero-order chi connectivity index (χ0) is 56.9. The summed E-state index contributed by atoms with van der Waals surface area (Å²) in [4.78, 5) is 133. The molecule has 0 aliphatic heterocycles. The number of nitrogens with zero attached hydrogens (tertiary/aromatic N) is 4. The van der Waals surface area contributed by atoms with Crippen molar-refractivity contribution in [2.75, 3.05) is 78.6 Å². The first-order valence-electron chi connectivity index (χ1n) is 24.2. The van der Waals surface area contributed by atoms with Gasteiger partial charge in [0.15, 0.2) is 5.96 Å². The SMILES string of the molecule is CCC(C)C(NC(=O)CNC(=O)c1cc(-c2ccccc2)ccc1OC[C@@H](CN(CCN(CC(=O)O)CC(=O)O)CC(=O)O)N(CC(=O)O)CC(=O)O)C(=O)NC(CCCN=C(N)N)C(=O)NC(CCCCN)C(=O)O. The zero-order valence-corrected chi connectivity index (χ0v) is 42.4. The van der Waals surface area contributed by atoms with Gasteiger partial charge in [-0.2, -0.15) is 0 Å². The Hall–Kier alpha value is -7.95. The molecule has 16 N–H and O–H groups in total. The van der Waals surface area contributed by atoms with E-state index in [4.69, 9.17) is 21.9 Å². The molecule has 4 amide bonds. The fourth-order valence-electron chi connectivity index (χ4n) is 7.61. The summed E-state index contributed by atoms with van der Waals surface area (Å²) in [5.74, 6) is -12.6. The number of ether oxygens (including phenoxy) is 1. The van der Waals surface area contributed by atoms with Crippen molar-refractivity contribution < 1.29 is 83.3 Å². The van der Waals surface area contributed by atoms with E-state index in [-0.39, 0.29) is 56.2 Å². The molecule has 0 fully saturated rings. The van der Waals surface area contributed by atoms with E-state index in [1.54, 1.807) is 50.2 Å². The Morgan fingerprint density at radius 2 is 1.24 bits per heavy atom. The highest BCUT2D eigenvalue weighted by Gasteiger charge is 2.33. The molecule has 2 rings (SSSR count). The second-order valence-electron chi connectivity index (χ2n) is 17.7. The summed E-state index contributed by atoms with van der Waals surface area (Å²) >= 11 is 0. The summed E-state index contributed by atoms with van der Waals surface area (Å²) in [7, 11) is 0. The third kappa shape index (κ3) is 24.9. The molecule has 0 aromatic heterocycles. The van der Waals surface area contributed by atoms with Gasteiger partial charge in [0, 0.05) is 26.2 Å². The van der Waals surface area contributed by atoms with Crippen molar-refractivity contribution in [3.63, 3.8) is 0 Å². The van der Waals surface area contributed by atoms with Crippen LogP contribution in [0.15, 0.2) is 53.5 Å². The highest BCUT2D eigenvalue weighted by atomic mass is 16.5. The van der Waals surface area contributed by atoms with Gasteiger partial charge in [0.2, 0.25) is 17.7 Å². The van der Waals surface area contributed by atoms with Crippen molar-refractivity contribution in [1.29, 1.82) is 0 Å². The molecule has 0 radical (unpaired) electrons. The quantitative estimate of drug-likeness (QED) is 0.0194. The normalized spacial score (nSPS) is 13.1. The fraction of sp³-hybridized carbons (Fsp3) is 0.521. The van der Waals surface area contributed by atoms with Gasteiger partial charge >= 0.3 is 35.8 Å². The van der Waals surface area contributed by atoms with E-state index in [1.165, 1.54) is 17.0 Å². The lowest BCUT2D eigenvalue weighted by Gasteiger charge is -2.34. The fourth-order valence-corrected chi connectivity index (χ4v) is 7.61. The monoisotopic (exact) mass is 1070 g/mol. The number of carboxylic acid groups (broad SMARTS) is 6. The summed E-state index contributed by atoms with van der Waals surface area (Å²) in [5, 5.41) is 67.9. The molecule has 28 nitrogen and oxygen atoms in total.